The summed E-state index contributed by atoms with van der Waals surface area (Å²) in [5.41, 5.74) is 0.227. The van der Waals surface area contributed by atoms with Crippen LogP contribution in [0.5, 0.6) is 11.5 Å². The Morgan fingerprint density at radius 2 is 1.56 bits per heavy atom. The van der Waals surface area contributed by atoms with E-state index >= 15 is 0 Å². The second kappa shape index (κ2) is 6.48. The highest BCUT2D eigenvalue weighted by Gasteiger charge is 2.21. The molecular formula is C14H13BrN2O6S2. The van der Waals surface area contributed by atoms with Gasteiger partial charge in [-0.15, -0.1) is 0 Å². The van der Waals surface area contributed by atoms with Crippen molar-refractivity contribution in [2.75, 3.05) is 17.9 Å². The molecule has 8 nitrogen and oxygen atoms in total. The minimum absolute atomic E-state index is 0.227. The van der Waals surface area contributed by atoms with Crippen molar-refractivity contribution >= 4 is 41.7 Å². The standard InChI is InChI=1S/C14H13BrN2O6S2/c15-11-7-13-14(23-5-4-22-13)8-12(11)17-25(20,21)10-3-1-2-9(6-10)24(16,18)19/h1-3,6-8,17H,4-5H2,(H2,16,18,19). The van der Waals surface area contributed by atoms with E-state index < -0.39 is 20.0 Å². The molecule has 3 N–H and O–H groups in total. The smallest absolute Gasteiger partial charge is 0.261 e. The minimum atomic E-state index is -4.04. The van der Waals surface area contributed by atoms with E-state index in [2.05, 4.69) is 20.7 Å². The van der Waals surface area contributed by atoms with Gasteiger partial charge in [0.15, 0.2) is 11.5 Å². The Balaban J connectivity index is 1.97. The topological polar surface area (TPSA) is 125 Å². The number of nitrogens with one attached hydrogen (secondary N) is 1. The lowest BCUT2D eigenvalue weighted by Crippen LogP contribution is -2.18. The summed E-state index contributed by atoms with van der Waals surface area (Å²) in [5, 5.41) is 5.04. The Kier molecular flexibility index (Phi) is 4.66. The predicted octanol–water partition coefficient (Wildman–Crippen LogP) is 1.67. The summed E-state index contributed by atoms with van der Waals surface area (Å²) >= 11 is 3.27. The molecule has 0 aromatic heterocycles. The van der Waals surface area contributed by atoms with Gasteiger partial charge < -0.3 is 9.47 Å². The summed E-state index contributed by atoms with van der Waals surface area (Å²) in [4.78, 5) is -0.530. The molecule has 0 unspecified atom stereocenters. The van der Waals surface area contributed by atoms with Crippen molar-refractivity contribution in [2.45, 2.75) is 9.79 Å². The molecule has 0 saturated carbocycles. The van der Waals surface area contributed by atoms with Gasteiger partial charge in [0.25, 0.3) is 10.0 Å². The number of rotatable bonds is 4. The van der Waals surface area contributed by atoms with Crippen molar-refractivity contribution < 1.29 is 26.3 Å². The van der Waals surface area contributed by atoms with E-state index in [9.17, 15) is 16.8 Å². The molecule has 2 aromatic rings. The highest BCUT2D eigenvalue weighted by atomic mass is 79.9. The average molecular weight is 449 g/mol. The molecule has 134 valence electrons. The van der Waals surface area contributed by atoms with Crippen LogP contribution in [-0.2, 0) is 20.0 Å². The Hall–Kier alpha value is -1.82. The second-order valence-electron chi connectivity index (χ2n) is 5.10. The lowest BCUT2D eigenvalue weighted by molar-refractivity contribution is 0.171. The molecule has 1 aliphatic rings. The monoisotopic (exact) mass is 448 g/mol. The summed E-state index contributed by atoms with van der Waals surface area (Å²) in [5.74, 6) is 0.905. The van der Waals surface area contributed by atoms with Crippen LogP contribution in [0.1, 0.15) is 0 Å². The number of nitrogens with two attached hydrogens (primary N) is 1. The summed E-state index contributed by atoms with van der Waals surface area (Å²) in [6.45, 7) is 0.766. The fraction of sp³-hybridized carbons (Fsp3) is 0.143. The maximum atomic E-state index is 12.6. The molecule has 0 aliphatic carbocycles. The molecule has 2 aromatic carbocycles. The fourth-order valence-electron chi connectivity index (χ4n) is 2.16. The van der Waals surface area contributed by atoms with Gasteiger partial charge in [-0.05, 0) is 34.1 Å². The van der Waals surface area contributed by atoms with E-state index in [1.807, 2.05) is 0 Å². The number of benzene rings is 2. The van der Waals surface area contributed by atoms with Gasteiger partial charge in [0.05, 0.1) is 15.5 Å². The van der Waals surface area contributed by atoms with Gasteiger partial charge in [-0.1, -0.05) is 6.07 Å². The Morgan fingerprint density at radius 3 is 2.20 bits per heavy atom. The lowest BCUT2D eigenvalue weighted by atomic mass is 10.2. The largest absolute Gasteiger partial charge is 0.486 e. The molecule has 0 saturated heterocycles. The Labute approximate surface area is 153 Å². The van der Waals surface area contributed by atoms with E-state index in [1.165, 1.54) is 24.3 Å². The van der Waals surface area contributed by atoms with Crippen LogP contribution in [0.25, 0.3) is 0 Å². The minimum Gasteiger partial charge on any atom is -0.486 e. The summed E-state index contributed by atoms with van der Waals surface area (Å²) in [6.07, 6.45) is 0. The van der Waals surface area contributed by atoms with Crippen LogP contribution in [-0.4, -0.2) is 30.0 Å². The van der Waals surface area contributed by atoms with Crippen molar-refractivity contribution in [3.05, 3.63) is 40.9 Å². The van der Waals surface area contributed by atoms with Crippen molar-refractivity contribution in [1.29, 1.82) is 0 Å². The van der Waals surface area contributed by atoms with Crippen LogP contribution in [0.4, 0.5) is 5.69 Å². The number of halogens is 1. The zero-order valence-electron chi connectivity index (χ0n) is 12.6. The molecule has 11 heteroatoms. The maximum Gasteiger partial charge on any atom is 0.261 e. The SMILES string of the molecule is NS(=O)(=O)c1cccc(S(=O)(=O)Nc2cc3c(cc2Br)OCCO3)c1. The van der Waals surface area contributed by atoms with Crippen molar-refractivity contribution in [2.24, 2.45) is 5.14 Å². The molecule has 0 amide bonds. The molecule has 0 spiro atoms. The van der Waals surface area contributed by atoms with Crippen LogP contribution < -0.4 is 19.3 Å². The molecular weight excluding hydrogens is 436 g/mol. The first-order chi connectivity index (χ1) is 11.7. The van der Waals surface area contributed by atoms with Crippen molar-refractivity contribution in [1.82, 2.24) is 0 Å². The van der Waals surface area contributed by atoms with E-state index in [-0.39, 0.29) is 15.5 Å². The van der Waals surface area contributed by atoms with Gasteiger partial charge in [0, 0.05) is 16.6 Å². The Morgan fingerprint density at radius 1 is 0.960 bits per heavy atom. The summed E-state index contributed by atoms with van der Waals surface area (Å²) in [6, 6.07) is 7.85. The fourth-order valence-corrected chi connectivity index (χ4v) is 4.47. The van der Waals surface area contributed by atoms with Crippen molar-refractivity contribution in [3.63, 3.8) is 0 Å². The zero-order chi connectivity index (χ0) is 18.2. The number of hydrogen-bond acceptors (Lipinski definition) is 6. The van der Waals surface area contributed by atoms with Gasteiger partial charge in [-0.3, -0.25) is 4.72 Å². The van der Waals surface area contributed by atoms with E-state index in [0.29, 0.717) is 29.2 Å². The molecule has 0 bridgehead atoms. The first-order valence-electron chi connectivity index (χ1n) is 6.92. The number of anilines is 1. The highest BCUT2D eigenvalue weighted by Crippen LogP contribution is 2.38. The maximum absolute atomic E-state index is 12.6. The van der Waals surface area contributed by atoms with Gasteiger partial charge in [0.2, 0.25) is 10.0 Å². The van der Waals surface area contributed by atoms with Crippen LogP contribution in [0.15, 0.2) is 50.7 Å². The summed E-state index contributed by atoms with van der Waals surface area (Å²) in [7, 11) is -8.06. The third-order valence-electron chi connectivity index (χ3n) is 3.32. The zero-order valence-corrected chi connectivity index (χ0v) is 15.8. The molecule has 0 fully saturated rings. The first-order valence-corrected chi connectivity index (χ1v) is 10.7. The quantitative estimate of drug-likeness (QED) is 0.732. The average Bonchev–Trinajstić information content (AvgIpc) is 2.55. The molecule has 25 heavy (non-hydrogen) atoms. The second-order valence-corrected chi connectivity index (χ2v) is 9.20. The van der Waals surface area contributed by atoms with Gasteiger partial charge in [0.1, 0.15) is 13.2 Å². The number of sulfonamides is 2. The Bertz CT molecular complexity index is 1040. The highest BCUT2D eigenvalue weighted by molar-refractivity contribution is 9.10. The van der Waals surface area contributed by atoms with Gasteiger partial charge in [-0.25, -0.2) is 22.0 Å². The predicted molar refractivity (Wildman–Crippen MR) is 93.8 cm³/mol. The van der Waals surface area contributed by atoms with Crippen LogP contribution in [0.3, 0.4) is 0 Å². The number of fused-ring (bicyclic) bond motifs is 1. The number of ether oxygens (including phenoxy) is 2. The van der Waals surface area contributed by atoms with Crippen LogP contribution in [0.2, 0.25) is 0 Å². The normalized spacial score (nSPS) is 14.2. The van der Waals surface area contributed by atoms with Gasteiger partial charge in [-0.2, -0.15) is 0 Å². The molecule has 1 heterocycles. The van der Waals surface area contributed by atoms with E-state index in [4.69, 9.17) is 14.6 Å². The molecule has 0 radical (unpaired) electrons. The summed E-state index contributed by atoms with van der Waals surface area (Å²) < 4.78 is 61.6. The number of primary sulfonamides is 1. The number of hydrogen-bond donors (Lipinski definition) is 2. The molecule has 0 atom stereocenters. The molecule has 3 rings (SSSR count). The lowest BCUT2D eigenvalue weighted by Gasteiger charge is -2.20. The van der Waals surface area contributed by atoms with Gasteiger partial charge >= 0.3 is 0 Å². The molecule has 1 aliphatic heterocycles. The van der Waals surface area contributed by atoms with E-state index in [0.717, 1.165) is 6.07 Å². The van der Waals surface area contributed by atoms with E-state index in [1.54, 1.807) is 6.07 Å². The third kappa shape index (κ3) is 3.89. The third-order valence-corrected chi connectivity index (χ3v) is 6.25. The first kappa shape index (κ1) is 18.0. The van der Waals surface area contributed by atoms with Crippen LogP contribution in [0, 0.1) is 0 Å². The van der Waals surface area contributed by atoms with Crippen LogP contribution >= 0.6 is 15.9 Å². The van der Waals surface area contributed by atoms with Crippen molar-refractivity contribution in [3.8, 4) is 11.5 Å².